The van der Waals surface area contributed by atoms with Gasteiger partial charge in [0.25, 0.3) is 0 Å². The fraction of sp³-hybridized carbons (Fsp3) is 0.400. The minimum Gasteiger partial charge on any atom is -0.497 e. The molecule has 4 rings (SSSR count). The maximum absolute atomic E-state index is 13.2. The fourth-order valence-electron chi connectivity index (χ4n) is 4.07. The maximum atomic E-state index is 13.2. The molecule has 3 aromatic rings. The Balaban J connectivity index is 1.70. The molecule has 0 N–H and O–H groups in total. The van der Waals surface area contributed by atoms with Crippen molar-refractivity contribution in [2.75, 3.05) is 27.3 Å². The lowest BCUT2D eigenvalue weighted by Gasteiger charge is -2.23. The molecule has 0 radical (unpaired) electrons. The van der Waals surface area contributed by atoms with Crippen molar-refractivity contribution < 1.29 is 14.3 Å². The van der Waals surface area contributed by atoms with Gasteiger partial charge in [-0.1, -0.05) is 36.7 Å². The summed E-state index contributed by atoms with van der Waals surface area (Å²) < 4.78 is 12.9. The number of rotatable bonds is 7. The third-order valence-electron chi connectivity index (χ3n) is 5.86. The molecule has 0 spiro atoms. The highest BCUT2D eigenvalue weighted by atomic mass is 32.2. The van der Waals surface area contributed by atoms with Crippen molar-refractivity contribution in [1.29, 1.82) is 0 Å². The minimum absolute atomic E-state index is 0.157. The van der Waals surface area contributed by atoms with E-state index in [-0.39, 0.29) is 11.2 Å². The van der Waals surface area contributed by atoms with Crippen LogP contribution in [-0.2, 0) is 4.79 Å². The summed E-state index contributed by atoms with van der Waals surface area (Å²) in [5, 5.41) is 9.40. The Labute approximate surface area is 199 Å². The van der Waals surface area contributed by atoms with Crippen LogP contribution in [0.25, 0.3) is 17.1 Å². The molecule has 0 bridgehead atoms. The van der Waals surface area contributed by atoms with Crippen LogP contribution < -0.4 is 9.47 Å². The van der Waals surface area contributed by atoms with Gasteiger partial charge in [0.05, 0.1) is 30.7 Å². The zero-order valence-electron chi connectivity index (χ0n) is 19.4. The number of thioether (sulfide) groups is 1. The number of amides is 1. The third kappa shape index (κ3) is 5.16. The number of aromatic nitrogens is 3. The topological polar surface area (TPSA) is 69.5 Å². The van der Waals surface area contributed by atoms with Gasteiger partial charge in [0.15, 0.2) is 11.0 Å². The first-order chi connectivity index (χ1) is 16.1. The zero-order chi connectivity index (χ0) is 23.2. The van der Waals surface area contributed by atoms with Crippen LogP contribution in [0, 0.1) is 0 Å². The summed E-state index contributed by atoms with van der Waals surface area (Å²) >= 11 is 1.44. The number of carbonyl (C=O) groups excluding carboxylic acids is 1. The number of nitrogens with zero attached hydrogens (tertiary/aromatic N) is 4. The average Bonchev–Trinajstić information content (AvgIpc) is 3.07. The van der Waals surface area contributed by atoms with Crippen LogP contribution in [0.4, 0.5) is 0 Å². The maximum Gasteiger partial charge on any atom is 0.235 e. The van der Waals surface area contributed by atoms with E-state index in [1.165, 1.54) is 24.6 Å². The van der Waals surface area contributed by atoms with Crippen LogP contribution in [0.15, 0.2) is 53.7 Å². The predicted molar refractivity (Wildman–Crippen MR) is 130 cm³/mol. The van der Waals surface area contributed by atoms with Crippen molar-refractivity contribution >= 4 is 17.7 Å². The second-order valence-corrected chi connectivity index (χ2v) is 9.35. The van der Waals surface area contributed by atoms with Gasteiger partial charge in [0.2, 0.25) is 5.91 Å². The number of hydrogen-bond donors (Lipinski definition) is 0. The van der Waals surface area contributed by atoms with E-state index in [2.05, 4.69) is 10.2 Å². The molecule has 0 aliphatic carbocycles. The first kappa shape index (κ1) is 23.2. The molecule has 8 heteroatoms. The van der Waals surface area contributed by atoms with Gasteiger partial charge in [-0.2, -0.15) is 0 Å². The normalized spacial score (nSPS) is 15.1. The van der Waals surface area contributed by atoms with Crippen molar-refractivity contribution in [3.63, 3.8) is 0 Å². The minimum atomic E-state index is -0.269. The van der Waals surface area contributed by atoms with E-state index >= 15 is 0 Å². The lowest BCUT2D eigenvalue weighted by Crippen LogP contribution is -2.37. The Morgan fingerprint density at radius 1 is 0.939 bits per heavy atom. The third-order valence-corrected chi connectivity index (χ3v) is 6.89. The molecule has 0 saturated carbocycles. The Morgan fingerprint density at radius 3 is 2.30 bits per heavy atom. The molecule has 174 valence electrons. The first-order valence-corrected chi connectivity index (χ1v) is 12.2. The van der Waals surface area contributed by atoms with Crippen LogP contribution in [0.2, 0.25) is 0 Å². The highest BCUT2D eigenvalue weighted by molar-refractivity contribution is 8.00. The molecule has 1 fully saturated rings. The number of ether oxygens (including phenoxy) is 2. The molecule has 1 aliphatic rings. The smallest absolute Gasteiger partial charge is 0.235 e. The second kappa shape index (κ2) is 10.7. The van der Waals surface area contributed by atoms with E-state index in [9.17, 15) is 4.79 Å². The molecular weight excluding hydrogens is 436 g/mol. The van der Waals surface area contributed by atoms with Gasteiger partial charge in [-0.25, -0.2) is 0 Å². The van der Waals surface area contributed by atoms with Crippen molar-refractivity contribution in [3.8, 4) is 28.6 Å². The van der Waals surface area contributed by atoms with Gasteiger partial charge in [-0.15, -0.1) is 10.2 Å². The van der Waals surface area contributed by atoms with E-state index in [0.29, 0.717) is 16.7 Å². The highest BCUT2D eigenvalue weighted by Gasteiger charge is 2.26. The van der Waals surface area contributed by atoms with Crippen LogP contribution in [0.1, 0.15) is 32.6 Å². The SMILES string of the molecule is COc1ccc(-n2c(SC(C)C(=O)N3CCCCCC3)nnc2-c2ccccc2OC)cc1. The average molecular weight is 467 g/mol. The molecule has 33 heavy (non-hydrogen) atoms. The van der Waals surface area contributed by atoms with Gasteiger partial charge in [0, 0.05) is 13.1 Å². The van der Waals surface area contributed by atoms with Crippen molar-refractivity contribution in [3.05, 3.63) is 48.5 Å². The molecule has 1 aliphatic heterocycles. The molecule has 1 amide bonds. The van der Waals surface area contributed by atoms with E-state index in [0.717, 1.165) is 42.9 Å². The summed E-state index contributed by atoms with van der Waals surface area (Å²) in [6.45, 7) is 3.62. The van der Waals surface area contributed by atoms with Crippen LogP contribution >= 0.6 is 11.8 Å². The molecule has 7 nitrogen and oxygen atoms in total. The quantitative estimate of drug-likeness (QED) is 0.465. The van der Waals surface area contributed by atoms with Crippen molar-refractivity contribution in [2.45, 2.75) is 43.0 Å². The van der Waals surface area contributed by atoms with Crippen molar-refractivity contribution in [1.82, 2.24) is 19.7 Å². The van der Waals surface area contributed by atoms with Gasteiger partial charge in [0.1, 0.15) is 11.5 Å². The lowest BCUT2D eigenvalue weighted by atomic mass is 10.2. The predicted octanol–water partition coefficient (Wildman–Crippen LogP) is 4.83. The standard InChI is InChI=1S/C25H30N4O3S/c1-18(24(30)28-16-8-4-5-9-17-28)33-25-27-26-23(21-10-6-7-11-22(21)32-3)29(25)19-12-14-20(31-2)15-13-19/h6-7,10-15,18H,4-5,8-9,16-17H2,1-3H3. The summed E-state index contributed by atoms with van der Waals surface area (Å²) in [7, 11) is 3.29. The van der Waals surface area contributed by atoms with Gasteiger partial charge >= 0.3 is 0 Å². The zero-order valence-corrected chi connectivity index (χ0v) is 20.2. The van der Waals surface area contributed by atoms with Crippen LogP contribution in [0.5, 0.6) is 11.5 Å². The second-order valence-electron chi connectivity index (χ2n) is 8.04. The molecule has 1 unspecified atom stereocenters. The highest BCUT2D eigenvalue weighted by Crippen LogP contribution is 2.35. The summed E-state index contributed by atoms with van der Waals surface area (Å²) in [6, 6.07) is 15.5. The Morgan fingerprint density at radius 2 is 1.64 bits per heavy atom. The first-order valence-electron chi connectivity index (χ1n) is 11.3. The Bertz CT molecular complexity index is 1080. The number of para-hydroxylation sites is 1. The summed E-state index contributed by atoms with van der Waals surface area (Å²) in [4.78, 5) is 15.2. The van der Waals surface area contributed by atoms with E-state index in [1.54, 1.807) is 14.2 Å². The largest absolute Gasteiger partial charge is 0.497 e. The summed E-state index contributed by atoms with van der Waals surface area (Å²) in [5.41, 5.74) is 1.72. The number of benzene rings is 2. The molecule has 1 aromatic heterocycles. The molecule has 2 heterocycles. The number of likely N-dealkylation sites (tertiary alicyclic amines) is 1. The van der Waals surface area contributed by atoms with Gasteiger partial charge < -0.3 is 14.4 Å². The Kier molecular flexibility index (Phi) is 7.54. The van der Waals surface area contributed by atoms with Crippen LogP contribution in [0.3, 0.4) is 0 Å². The number of methoxy groups -OCH3 is 2. The number of carbonyl (C=O) groups is 1. The fourth-order valence-corrected chi connectivity index (χ4v) is 5.02. The summed E-state index contributed by atoms with van der Waals surface area (Å²) in [5.74, 6) is 2.30. The van der Waals surface area contributed by atoms with E-state index in [1.807, 2.05) is 64.9 Å². The van der Waals surface area contributed by atoms with Crippen molar-refractivity contribution in [2.24, 2.45) is 0 Å². The number of hydrogen-bond acceptors (Lipinski definition) is 6. The van der Waals surface area contributed by atoms with E-state index in [4.69, 9.17) is 9.47 Å². The van der Waals surface area contributed by atoms with Crippen LogP contribution in [-0.4, -0.2) is 58.1 Å². The van der Waals surface area contributed by atoms with E-state index < -0.39 is 0 Å². The molecular formula is C25H30N4O3S. The summed E-state index contributed by atoms with van der Waals surface area (Å²) in [6.07, 6.45) is 4.53. The van der Waals surface area contributed by atoms with Gasteiger partial charge in [-0.3, -0.25) is 9.36 Å². The monoisotopic (exact) mass is 466 g/mol. The lowest BCUT2D eigenvalue weighted by molar-refractivity contribution is -0.130. The molecule has 1 saturated heterocycles. The van der Waals surface area contributed by atoms with Gasteiger partial charge in [-0.05, 0) is 56.2 Å². The Hall–Kier alpha value is -3.00. The molecule has 2 aromatic carbocycles. The molecule has 1 atom stereocenters.